The van der Waals surface area contributed by atoms with Crippen molar-refractivity contribution in [3.05, 3.63) is 0 Å². The average molecular weight is 211 g/mol. The van der Waals surface area contributed by atoms with Gasteiger partial charge < -0.3 is 9.64 Å². The molecule has 2 aliphatic heterocycles. The Bertz CT molecular complexity index is 216. The normalized spacial score (nSPS) is 29.5. The molecular weight excluding hydrogens is 190 g/mol. The molecule has 0 bridgehead atoms. The molecule has 0 aliphatic carbocycles. The first-order chi connectivity index (χ1) is 7.25. The second kappa shape index (κ2) is 5.08. The third-order valence-electron chi connectivity index (χ3n) is 3.65. The summed E-state index contributed by atoms with van der Waals surface area (Å²) < 4.78 is 5.62. The van der Waals surface area contributed by atoms with Crippen LogP contribution >= 0.6 is 0 Å². The van der Waals surface area contributed by atoms with Gasteiger partial charge in [-0.15, -0.1) is 0 Å². The van der Waals surface area contributed by atoms with Crippen LogP contribution in [-0.2, 0) is 9.53 Å². The molecule has 2 saturated heterocycles. The smallest absolute Gasteiger partial charge is 0.133 e. The van der Waals surface area contributed by atoms with E-state index >= 15 is 0 Å². The summed E-state index contributed by atoms with van der Waals surface area (Å²) in [5.41, 5.74) is 0. The van der Waals surface area contributed by atoms with Crippen LogP contribution in [0, 0.1) is 5.92 Å². The molecule has 0 radical (unpaired) electrons. The molecule has 2 rings (SSSR count). The van der Waals surface area contributed by atoms with Crippen molar-refractivity contribution in [2.45, 2.75) is 38.7 Å². The molecule has 86 valence electrons. The Morgan fingerprint density at radius 1 is 1.33 bits per heavy atom. The van der Waals surface area contributed by atoms with Gasteiger partial charge in [0.1, 0.15) is 5.78 Å². The Kier molecular flexibility index (Phi) is 3.76. The lowest BCUT2D eigenvalue weighted by Crippen LogP contribution is -2.40. The van der Waals surface area contributed by atoms with Crippen molar-refractivity contribution >= 4 is 5.78 Å². The SMILES string of the molecule is CC(=O)C1CCN(CC2CCCO2)CC1. The predicted octanol–water partition coefficient (Wildman–Crippen LogP) is 1.47. The molecule has 3 nitrogen and oxygen atoms in total. The topological polar surface area (TPSA) is 29.5 Å². The minimum Gasteiger partial charge on any atom is -0.377 e. The number of Topliss-reactive ketones (excluding diaryl/α,β-unsaturated/α-hetero) is 1. The lowest BCUT2D eigenvalue weighted by atomic mass is 9.93. The first-order valence-corrected chi connectivity index (χ1v) is 6.10. The highest BCUT2D eigenvalue weighted by Crippen LogP contribution is 2.20. The van der Waals surface area contributed by atoms with E-state index in [4.69, 9.17) is 4.74 Å². The van der Waals surface area contributed by atoms with Crippen molar-refractivity contribution in [2.24, 2.45) is 5.92 Å². The Morgan fingerprint density at radius 2 is 2.07 bits per heavy atom. The summed E-state index contributed by atoms with van der Waals surface area (Å²) in [5, 5.41) is 0. The molecule has 1 atom stereocenters. The van der Waals surface area contributed by atoms with E-state index in [2.05, 4.69) is 4.90 Å². The van der Waals surface area contributed by atoms with Crippen molar-refractivity contribution in [3.8, 4) is 0 Å². The molecule has 2 fully saturated rings. The number of ketones is 1. The van der Waals surface area contributed by atoms with Crippen LogP contribution in [0.25, 0.3) is 0 Å². The summed E-state index contributed by atoms with van der Waals surface area (Å²) in [5.74, 6) is 0.692. The Hall–Kier alpha value is -0.410. The molecule has 2 heterocycles. The maximum atomic E-state index is 11.2. The molecule has 15 heavy (non-hydrogen) atoms. The highest BCUT2D eigenvalue weighted by molar-refractivity contribution is 5.78. The molecule has 1 unspecified atom stereocenters. The number of hydrogen-bond acceptors (Lipinski definition) is 3. The van der Waals surface area contributed by atoms with Crippen molar-refractivity contribution < 1.29 is 9.53 Å². The zero-order valence-corrected chi connectivity index (χ0v) is 9.58. The van der Waals surface area contributed by atoms with E-state index < -0.39 is 0 Å². The number of piperidine rings is 1. The van der Waals surface area contributed by atoms with Gasteiger partial charge in [0.05, 0.1) is 6.10 Å². The van der Waals surface area contributed by atoms with Crippen molar-refractivity contribution in [1.82, 2.24) is 4.90 Å². The molecule has 0 aromatic heterocycles. The summed E-state index contributed by atoms with van der Waals surface area (Å²) in [6.45, 7) is 5.88. The number of carbonyl (C=O) groups excluding carboxylic acids is 1. The monoisotopic (exact) mass is 211 g/mol. The second-order valence-electron chi connectivity index (χ2n) is 4.82. The quantitative estimate of drug-likeness (QED) is 0.708. The predicted molar refractivity (Wildman–Crippen MR) is 58.8 cm³/mol. The molecular formula is C12H21NO2. The number of hydrogen-bond donors (Lipinski definition) is 0. The number of carbonyl (C=O) groups is 1. The molecule has 0 saturated carbocycles. The van der Waals surface area contributed by atoms with Crippen LogP contribution < -0.4 is 0 Å². The fourth-order valence-electron chi connectivity index (χ4n) is 2.60. The summed E-state index contributed by atoms with van der Waals surface area (Å²) in [7, 11) is 0. The van der Waals surface area contributed by atoms with Gasteiger partial charge in [-0.1, -0.05) is 0 Å². The van der Waals surface area contributed by atoms with Gasteiger partial charge in [-0.3, -0.25) is 4.79 Å². The summed E-state index contributed by atoms with van der Waals surface area (Å²) in [4.78, 5) is 13.7. The number of likely N-dealkylation sites (tertiary alicyclic amines) is 1. The summed E-state index contributed by atoms with van der Waals surface area (Å²) in [6.07, 6.45) is 4.98. The molecule has 0 spiro atoms. The third-order valence-corrected chi connectivity index (χ3v) is 3.65. The van der Waals surface area contributed by atoms with Gasteiger partial charge >= 0.3 is 0 Å². The fraction of sp³-hybridized carbons (Fsp3) is 0.917. The molecule has 0 aromatic rings. The minimum atomic E-state index is 0.325. The van der Waals surface area contributed by atoms with Crippen LogP contribution in [0.5, 0.6) is 0 Å². The van der Waals surface area contributed by atoms with Crippen LogP contribution in [-0.4, -0.2) is 43.0 Å². The maximum absolute atomic E-state index is 11.2. The zero-order chi connectivity index (χ0) is 10.7. The van der Waals surface area contributed by atoms with E-state index in [1.807, 2.05) is 0 Å². The van der Waals surface area contributed by atoms with Gasteiger partial charge in [0, 0.05) is 19.1 Å². The number of ether oxygens (including phenoxy) is 1. The lowest BCUT2D eigenvalue weighted by molar-refractivity contribution is -0.122. The largest absolute Gasteiger partial charge is 0.377 e. The van der Waals surface area contributed by atoms with E-state index in [0.717, 1.165) is 39.1 Å². The zero-order valence-electron chi connectivity index (χ0n) is 9.58. The Balaban J connectivity index is 1.71. The van der Waals surface area contributed by atoms with Gasteiger partial charge in [-0.25, -0.2) is 0 Å². The first-order valence-electron chi connectivity index (χ1n) is 6.10. The van der Waals surface area contributed by atoms with Crippen LogP contribution in [0.4, 0.5) is 0 Å². The van der Waals surface area contributed by atoms with Crippen LogP contribution in [0.15, 0.2) is 0 Å². The summed E-state index contributed by atoms with van der Waals surface area (Å²) >= 11 is 0. The van der Waals surface area contributed by atoms with Crippen LogP contribution in [0.3, 0.4) is 0 Å². The van der Waals surface area contributed by atoms with Crippen molar-refractivity contribution in [1.29, 1.82) is 0 Å². The van der Waals surface area contributed by atoms with E-state index in [1.54, 1.807) is 6.92 Å². The Morgan fingerprint density at radius 3 is 2.60 bits per heavy atom. The van der Waals surface area contributed by atoms with Crippen molar-refractivity contribution in [2.75, 3.05) is 26.2 Å². The van der Waals surface area contributed by atoms with E-state index in [9.17, 15) is 4.79 Å². The first kappa shape index (κ1) is 11.1. The fourth-order valence-corrected chi connectivity index (χ4v) is 2.60. The molecule has 2 aliphatic rings. The highest BCUT2D eigenvalue weighted by atomic mass is 16.5. The van der Waals surface area contributed by atoms with Crippen molar-refractivity contribution in [3.63, 3.8) is 0 Å². The van der Waals surface area contributed by atoms with Gasteiger partial charge in [0.25, 0.3) is 0 Å². The summed E-state index contributed by atoms with van der Waals surface area (Å²) in [6, 6.07) is 0. The van der Waals surface area contributed by atoms with Crippen LogP contribution in [0.2, 0.25) is 0 Å². The molecule has 0 aromatic carbocycles. The van der Waals surface area contributed by atoms with Gasteiger partial charge in [0.15, 0.2) is 0 Å². The van der Waals surface area contributed by atoms with Gasteiger partial charge in [-0.2, -0.15) is 0 Å². The van der Waals surface area contributed by atoms with E-state index in [1.165, 1.54) is 12.8 Å². The molecule has 0 amide bonds. The van der Waals surface area contributed by atoms with E-state index in [-0.39, 0.29) is 0 Å². The lowest BCUT2D eigenvalue weighted by Gasteiger charge is -2.32. The Labute approximate surface area is 91.8 Å². The average Bonchev–Trinajstić information content (AvgIpc) is 2.71. The number of nitrogens with zero attached hydrogens (tertiary/aromatic N) is 1. The standard InChI is InChI=1S/C12H21NO2/c1-10(14)11-4-6-13(7-5-11)9-12-3-2-8-15-12/h11-12H,2-9H2,1H3. The third kappa shape index (κ3) is 3.02. The highest BCUT2D eigenvalue weighted by Gasteiger charge is 2.25. The van der Waals surface area contributed by atoms with Gasteiger partial charge in [-0.05, 0) is 45.7 Å². The number of rotatable bonds is 3. The maximum Gasteiger partial charge on any atom is 0.133 e. The van der Waals surface area contributed by atoms with Crippen LogP contribution in [0.1, 0.15) is 32.6 Å². The molecule has 0 N–H and O–H groups in total. The van der Waals surface area contributed by atoms with E-state index in [0.29, 0.717) is 17.8 Å². The second-order valence-corrected chi connectivity index (χ2v) is 4.82. The minimum absolute atomic E-state index is 0.325. The van der Waals surface area contributed by atoms with Gasteiger partial charge in [0.2, 0.25) is 0 Å². The molecule has 3 heteroatoms.